The molecule has 3 heteroatoms. The number of hydrogen-bond donors (Lipinski definition) is 0. The number of anilines is 1. The van der Waals surface area contributed by atoms with Crippen molar-refractivity contribution in [2.75, 3.05) is 18.0 Å². The molecule has 2 heterocycles. The lowest BCUT2D eigenvalue weighted by molar-refractivity contribution is 0.310. The summed E-state index contributed by atoms with van der Waals surface area (Å²) in [6, 6.07) is 6.04. The van der Waals surface area contributed by atoms with Crippen LogP contribution in [0.25, 0.3) is 0 Å². The number of rotatable bonds is 2. The van der Waals surface area contributed by atoms with Crippen LogP contribution >= 0.6 is 0 Å². The van der Waals surface area contributed by atoms with Crippen LogP contribution in [0.2, 0.25) is 0 Å². The van der Waals surface area contributed by atoms with Gasteiger partial charge < -0.3 is 4.90 Å². The van der Waals surface area contributed by atoms with Crippen molar-refractivity contribution in [2.24, 2.45) is 11.8 Å². The van der Waals surface area contributed by atoms with Crippen LogP contribution in [0.5, 0.6) is 0 Å². The van der Waals surface area contributed by atoms with E-state index in [1.807, 2.05) is 19.1 Å². The minimum Gasteiger partial charge on any atom is -0.355 e. The lowest BCUT2D eigenvalue weighted by Crippen LogP contribution is -2.36. The van der Waals surface area contributed by atoms with Crippen molar-refractivity contribution in [1.82, 2.24) is 4.98 Å². The van der Waals surface area contributed by atoms with E-state index in [9.17, 15) is 0 Å². The highest BCUT2D eigenvalue weighted by atomic mass is 15.2. The Balaban J connectivity index is 2.14. The van der Waals surface area contributed by atoms with Gasteiger partial charge in [0.1, 0.15) is 11.9 Å². The van der Waals surface area contributed by atoms with Gasteiger partial charge >= 0.3 is 0 Å². The first-order chi connectivity index (χ1) is 8.61. The Labute approximate surface area is 109 Å². The van der Waals surface area contributed by atoms with Gasteiger partial charge in [-0.2, -0.15) is 5.26 Å². The summed E-state index contributed by atoms with van der Waals surface area (Å²) in [6.45, 7) is 8.62. The van der Waals surface area contributed by atoms with E-state index in [-0.39, 0.29) is 0 Å². The molecule has 0 aliphatic carbocycles. The quantitative estimate of drug-likeness (QED) is 0.801. The fourth-order valence-electron chi connectivity index (χ4n) is 2.65. The first-order valence-corrected chi connectivity index (χ1v) is 6.74. The first kappa shape index (κ1) is 12.9. The summed E-state index contributed by atoms with van der Waals surface area (Å²) in [6.07, 6.45) is 2.41. The Morgan fingerprint density at radius 2 is 2.00 bits per heavy atom. The molecular formula is C15H21N3. The number of piperidine rings is 1. The van der Waals surface area contributed by atoms with Gasteiger partial charge in [0.25, 0.3) is 0 Å². The predicted octanol–water partition coefficient (Wildman–Crippen LogP) is 3.13. The molecule has 1 aliphatic rings. The highest BCUT2D eigenvalue weighted by Crippen LogP contribution is 2.28. The molecule has 0 bridgehead atoms. The second-order valence-corrected chi connectivity index (χ2v) is 5.50. The highest BCUT2D eigenvalue weighted by molar-refractivity contribution is 5.54. The molecule has 1 aromatic rings. The van der Waals surface area contributed by atoms with Crippen molar-refractivity contribution in [1.29, 1.82) is 5.26 Å². The molecule has 1 aromatic heterocycles. The summed E-state index contributed by atoms with van der Waals surface area (Å²) in [5.41, 5.74) is 1.68. The SMILES string of the molecule is Cc1ccc(C#N)c(N2CCC(C(C)C)CC2)n1. The Hall–Kier alpha value is -1.56. The average Bonchev–Trinajstić information content (AvgIpc) is 2.39. The van der Waals surface area contributed by atoms with Gasteiger partial charge in [-0.15, -0.1) is 0 Å². The minimum atomic E-state index is 0.698. The van der Waals surface area contributed by atoms with Crippen molar-refractivity contribution in [2.45, 2.75) is 33.6 Å². The summed E-state index contributed by atoms with van der Waals surface area (Å²) in [4.78, 5) is 6.81. The maximum absolute atomic E-state index is 9.16. The van der Waals surface area contributed by atoms with E-state index in [4.69, 9.17) is 5.26 Å². The summed E-state index contributed by atoms with van der Waals surface area (Å²) in [5, 5.41) is 9.16. The fraction of sp³-hybridized carbons (Fsp3) is 0.600. The van der Waals surface area contributed by atoms with Crippen LogP contribution in [0.1, 0.15) is 37.9 Å². The van der Waals surface area contributed by atoms with Crippen LogP contribution < -0.4 is 4.90 Å². The summed E-state index contributed by atoms with van der Waals surface area (Å²) < 4.78 is 0. The zero-order valence-electron chi connectivity index (χ0n) is 11.5. The molecule has 0 atom stereocenters. The number of aryl methyl sites for hydroxylation is 1. The normalized spacial score (nSPS) is 16.9. The van der Waals surface area contributed by atoms with Gasteiger partial charge in [-0.1, -0.05) is 13.8 Å². The number of nitriles is 1. The van der Waals surface area contributed by atoms with Crippen molar-refractivity contribution >= 4 is 5.82 Å². The average molecular weight is 243 g/mol. The minimum absolute atomic E-state index is 0.698. The summed E-state index contributed by atoms with van der Waals surface area (Å²) >= 11 is 0. The molecule has 3 nitrogen and oxygen atoms in total. The van der Waals surface area contributed by atoms with Gasteiger partial charge in [0.05, 0.1) is 5.56 Å². The number of pyridine rings is 1. The van der Waals surface area contributed by atoms with Crippen LogP contribution in [0.3, 0.4) is 0 Å². The molecular weight excluding hydrogens is 222 g/mol. The molecule has 1 fully saturated rings. The maximum Gasteiger partial charge on any atom is 0.146 e. The lowest BCUT2D eigenvalue weighted by Gasteiger charge is -2.35. The molecule has 2 rings (SSSR count). The predicted molar refractivity (Wildman–Crippen MR) is 73.5 cm³/mol. The van der Waals surface area contributed by atoms with Crippen molar-refractivity contribution in [3.63, 3.8) is 0 Å². The third-order valence-corrected chi connectivity index (χ3v) is 3.92. The van der Waals surface area contributed by atoms with Crippen LogP contribution in [0, 0.1) is 30.1 Å². The van der Waals surface area contributed by atoms with Gasteiger partial charge in [-0.3, -0.25) is 0 Å². The molecule has 0 unspecified atom stereocenters. The van der Waals surface area contributed by atoms with E-state index in [1.54, 1.807) is 0 Å². The van der Waals surface area contributed by atoms with Crippen LogP contribution in [0.4, 0.5) is 5.82 Å². The molecule has 0 amide bonds. The van der Waals surface area contributed by atoms with Gasteiger partial charge in [0.15, 0.2) is 0 Å². The van der Waals surface area contributed by atoms with Crippen LogP contribution in [0.15, 0.2) is 12.1 Å². The van der Waals surface area contributed by atoms with Gasteiger partial charge in [0, 0.05) is 18.8 Å². The monoisotopic (exact) mass is 243 g/mol. The molecule has 96 valence electrons. The van der Waals surface area contributed by atoms with E-state index in [1.165, 1.54) is 12.8 Å². The van der Waals surface area contributed by atoms with E-state index >= 15 is 0 Å². The zero-order chi connectivity index (χ0) is 13.1. The maximum atomic E-state index is 9.16. The molecule has 0 radical (unpaired) electrons. The third-order valence-electron chi connectivity index (χ3n) is 3.92. The molecule has 0 aromatic carbocycles. The van der Waals surface area contributed by atoms with E-state index in [0.717, 1.165) is 36.4 Å². The molecule has 18 heavy (non-hydrogen) atoms. The van der Waals surface area contributed by atoms with Crippen molar-refractivity contribution < 1.29 is 0 Å². The van der Waals surface area contributed by atoms with Crippen molar-refractivity contribution in [3.05, 3.63) is 23.4 Å². The highest BCUT2D eigenvalue weighted by Gasteiger charge is 2.23. The van der Waals surface area contributed by atoms with Gasteiger partial charge in [-0.25, -0.2) is 4.98 Å². The standard InChI is InChI=1S/C15H21N3/c1-11(2)13-6-8-18(9-7-13)15-14(10-16)5-4-12(3)17-15/h4-5,11,13H,6-9H2,1-3H3. The topological polar surface area (TPSA) is 39.9 Å². The van der Waals surface area contributed by atoms with Gasteiger partial charge in [0.2, 0.25) is 0 Å². The first-order valence-electron chi connectivity index (χ1n) is 6.74. The molecule has 1 aliphatic heterocycles. The summed E-state index contributed by atoms with van der Waals surface area (Å²) in [5.74, 6) is 2.45. The molecule has 0 spiro atoms. The fourth-order valence-corrected chi connectivity index (χ4v) is 2.65. The molecule has 0 saturated carbocycles. The smallest absolute Gasteiger partial charge is 0.146 e. The largest absolute Gasteiger partial charge is 0.355 e. The second kappa shape index (κ2) is 5.39. The Bertz CT molecular complexity index is 451. The van der Waals surface area contributed by atoms with E-state index in [2.05, 4.69) is 29.8 Å². The molecule has 1 saturated heterocycles. The second-order valence-electron chi connectivity index (χ2n) is 5.50. The van der Waals surface area contributed by atoms with Crippen LogP contribution in [-0.2, 0) is 0 Å². The van der Waals surface area contributed by atoms with Crippen LogP contribution in [-0.4, -0.2) is 18.1 Å². The Morgan fingerprint density at radius 3 is 2.56 bits per heavy atom. The third kappa shape index (κ3) is 2.64. The molecule has 0 N–H and O–H groups in total. The van der Waals surface area contributed by atoms with Crippen molar-refractivity contribution in [3.8, 4) is 6.07 Å². The lowest BCUT2D eigenvalue weighted by atomic mass is 9.86. The zero-order valence-corrected chi connectivity index (χ0v) is 11.5. The van der Waals surface area contributed by atoms with Gasteiger partial charge in [-0.05, 0) is 43.7 Å². The Morgan fingerprint density at radius 1 is 1.33 bits per heavy atom. The Kier molecular flexibility index (Phi) is 3.86. The number of aromatic nitrogens is 1. The van der Waals surface area contributed by atoms with E-state index in [0.29, 0.717) is 5.56 Å². The number of hydrogen-bond acceptors (Lipinski definition) is 3. The summed E-state index contributed by atoms with van der Waals surface area (Å²) in [7, 11) is 0. The number of nitrogens with zero attached hydrogens (tertiary/aromatic N) is 3. The van der Waals surface area contributed by atoms with E-state index < -0.39 is 0 Å².